The van der Waals surface area contributed by atoms with Gasteiger partial charge in [0.2, 0.25) is 0 Å². The van der Waals surface area contributed by atoms with Crippen LogP contribution in [-0.4, -0.2) is 130 Å². The first-order valence-electron chi connectivity index (χ1n) is 8.90. The number of aliphatic hydroxyl groups excluding tert-OH is 6. The number of aliphatic hydroxyl groups is 6. The predicted octanol–water partition coefficient (Wildman–Crippen LogP) is -3.62. The van der Waals surface area contributed by atoms with Crippen LogP contribution < -0.4 is 0 Å². The summed E-state index contributed by atoms with van der Waals surface area (Å²) in [4.78, 5) is 13.0. The molecule has 2 aliphatic heterocycles. The van der Waals surface area contributed by atoms with E-state index in [0.717, 1.165) is 4.90 Å². The topological polar surface area (TPSA) is 179 Å². The third-order valence-corrected chi connectivity index (χ3v) is 4.82. The maximum Gasteiger partial charge on any atom is 0.409 e. The molecule has 12 heteroatoms. The van der Waals surface area contributed by atoms with Gasteiger partial charge in [-0.1, -0.05) is 0 Å². The number of amides is 1. The van der Waals surface area contributed by atoms with Crippen molar-refractivity contribution < 1.29 is 54.4 Å². The van der Waals surface area contributed by atoms with Crippen LogP contribution in [-0.2, 0) is 18.9 Å². The third kappa shape index (κ3) is 4.72. The van der Waals surface area contributed by atoms with Gasteiger partial charge in [-0.2, -0.15) is 0 Å². The van der Waals surface area contributed by atoms with E-state index >= 15 is 0 Å². The molecule has 1 unspecified atom stereocenters. The molecule has 10 atom stereocenters. The van der Waals surface area contributed by atoms with Crippen LogP contribution in [0.15, 0.2) is 0 Å². The summed E-state index contributed by atoms with van der Waals surface area (Å²) in [5, 5.41) is 59.4. The highest BCUT2D eigenvalue weighted by Gasteiger charge is 2.51. The molecule has 0 aromatic heterocycles. The molecule has 2 rings (SSSR count). The number of nitrogens with zero attached hydrogens (tertiary/aromatic N) is 1. The molecule has 2 fully saturated rings. The molecule has 12 nitrogen and oxygen atoms in total. The second-order valence-corrected chi connectivity index (χ2v) is 7.09. The Bertz CT molecular complexity index is 521. The molecule has 0 radical (unpaired) electrons. The van der Waals surface area contributed by atoms with E-state index in [-0.39, 0.29) is 0 Å². The Hall–Kier alpha value is -1.09. The molecule has 0 spiro atoms. The van der Waals surface area contributed by atoms with Crippen molar-refractivity contribution in [3.05, 3.63) is 0 Å². The lowest BCUT2D eigenvalue weighted by Crippen LogP contribution is -2.64. The van der Waals surface area contributed by atoms with Gasteiger partial charge in [0, 0.05) is 14.1 Å². The summed E-state index contributed by atoms with van der Waals surface area (Å²) in [6, 6.07) is 0. The average molecular weight is 411 g/mol. The van der Waals surface area contributed by atoms with Crippen LogP contribution in [0.4, 0.5) is 4.79 Å². The van der Waals surface area contributed by atoms with Crippen LogP contribution in [0.1, 0.15) is 6.92 Å². The molecule has 2 aliphatic rings. The first-order chi connectivity index (χ1) is 13.1. The van der Waals surface area contributed by atoms with Gasteiger partial charge in [0.05, 0.1) is 19.3 Å². The number of ether oxygens (including phenoxy) is 4. The Balaban J connectivity index is 2.21. The molecular formula is C16H29NO11. The lowest BCUT2D eigenvalue weighted by Gasteiger charge is -2.46. The quantitative estimate of drug-likeness (QED) is 0.263. The summed E-state index contributed by atoms with van der Waals surface area (Å²) in [5.41, 5.74) is 0. The van der Waals surface area contributed by atoms with Gasteiger partial charge in [-0.3, -0.25) is 0 Å². The van der Waals surface area contributed by atoms with Crippen molar-refractivity contribution in [1.82, 2.24) is 4.90 Å². The van der Waals surface area contributed by atoms with E-state index in [0.29, 0.717) is 0 Å². The summed E-state index contributed by atoms with van der Waals surface area (Å²) in [6.07, 6.45) is -14.2. The zero-order valence-corrected chi connectivity index (χ0v) is 15.9. The molecule has 0 saturated carbocycles. The molecule has 6 N–H and O–H groups in total. The molecule has 2 heterocycles. The van der Waals surface area contributed by atoms with Crippen molar-refractivity contribution in [2.75, 3.05) is 27.3 Å². The van der Waals surface area contributed by atoms with Gasteiger partial charge in [0.15, 0.2) is 12.4 Å². The van der Waals surface area contributed by atoms with E-state index < -0.39 is 80.5 Å². The van der Waals surface area contributed by atoms with Crippen LogP contribution in [0.2, 0.25) is 0 Å². The zero-order valence-electron chi connectivity index (χ0n) is 15.9. The van der Waals surface area contributed by atoms with Gasteiger partial charge < -0.3 is 54.5 Å². The fourth-order valence-electron chi connectivity index (χ4n) is 3.14. The minimum Gasteiger partial charge on any atom is -0.438 e. The zero-order chi connectivity index (χ0) is 21.2. The first-order valence-corrected chi connectivity index (χ1v) is 8.90. The highest BCUT2D eigenvalue weighted by Crippen LogP contribution is 2.30. The van der Waals surface area contributed by atoms with E-state index in [4.69, 9.17) is 18.9 Å². The summed E-state index contributed by atoms with van der Waals surface area (Å²) in [6.45, 7) is 0.359. The first kappa shape index (κ1) is 23.2. The van der Waals surface area contributed by atoms with Crippen LogP contribution in [0.5, 0.6) is 0 Å². The van der Waals surface area contributed by atoms with Crippen molar-refractivity contribution in [1.29, 1.82) is 0 Å². The van der Waals surface area contributed by atoms with E-state index in [1.807, 2.05) is 0 Å². The Morgan fingerprint density at radius 2 is 1.39 bits per heavy atom. The van der Waals surface area contributed by atoms with Crippen LogP contribution in [0, 0.1) is 0 Å². The van der Waals surface area contributed by atoms with Gasteiger partial charge in [0.1, 0.15) is 42.7 Å². The summed E-state index contributed by atoms with van der Waals surface area (Å²) in [5.74, 6) is 0. The molecular weight excluding hydrogens is 382 g/mol. The number of rotatable bonds is 5. The number of carbonyl (C=O) groups excluding carboxylic acids is 1. The fraction of sp³-hybridized carbons (Fsp3) is 0.938. The monoisotopic (exact) mass is 411 g/mol. The van der Waals surface area contributed by atoms with Crippen LogP contribution in [0.25, 0.3) is 0 Å². The van der Waals surface area contributed by atoms with Crippen molar-refractivity contribution in [2.45, 2.75) is 68.1 Å². The van der Waals surface area contributed by atoms with Gasteiger partial charge in [-0.15, -0.1) is 0 Å². The van der Waals surface area contributed by atoms with E-state index in [2.05, 4.69) is 0 Å². The molecule has 2 saturated heterocycles. The molecule has 28 heavy (non-hydrogen) atoms. The third-order valence-electron chi connectivity index (χ3n) is 4.82. The predicted molar refractivity (Wildman–Crippen MR) is 90.0 cm³/mol. The van der Waals surface area contributed by atoms with E-state index in [1.54, 1.807) is 0 Å². The standard InChI is InChI=1S/C16H29NO11/c1-6-13(11(22)9(20)7(4-18)25-6)27-15-14(28-16(24)17(2)3)12(23)10(21)8(5-19)26-15/h6-15,18-23H,4-5H2,1-3H3/t6?,7-,8+,9+,10+,11-,12-,13+,14-,15+/m0/s1. The molecule has 0 aliphatic carbocycles. The van der Waals surface area contributed by atoms with Crippen LogP contribution in [0.3, 0.4) is 0 Å². The average Bonchev–Trinajstić information content (AvgIpc) is 2.66. The smallest absolute Gasteiger partial charge is 0.409 e. The number of hydrogen-bond donors (Lipinski definition) is 6. The van der Waals surface area contributed by atoms with Crippen molar-refractivity contribution in [3.8, 4) is 0 Å². The maximum atomic E-state index is 11.9. The van der Waals surface area contributed by atoms with Crippen LogP contribution >= 0.6 is 0 Å². The number of hydrogen-bond acceptors (Lipinski definition) is 11. The summed E-state index contributed by atoms with van der Waals surface area (Å²) >= 11 is 0. The highest BCUT2D eigenvalue weighted by atomic mass is 16.7. The van der Waals surface area contributed by atoms with Crippen molar-refractivity contribution >= 4 is 6.09 Å². The van der Waals surface area contributed by atoms with Gasteiger partial charge in [0.25, 0.3) is 0 Å². The van der Waals surface area contributed by atoms with Gasteiger partial charge in [-0.05, 0) is 6.92 Å². The molecule has 0 bridgehead atoms. The van der Waals surface area contributed by atoms with Gasteiger partial charge >= 0.3 is 6.09 Å². The Labute approximate surface area is 161 Å². The summed E-state index contributed by atoms with van der Waals surface area (Å²) < 4.78 is 21.6. The minimum atomic E-state index is -1.65. The normalized spacial score (nSPS) is 44.2. The fourth-order valence-corrected chi connectivity index (χ4v) is 3.14. The minimum absolute atomic E-state index is 0.518. The second-order valence-electron chi connectivity index (χ2n) is 7.09. The van der Waals surface area contributed by atoms with Gasteiger partial charge in [-0.25, -0.2) is 4.79 Å². The maximum absolute atomic E-state index is 11.9. The molecule has 1 amide bonds. The molecule has 0 aromatic rings. The SMILES string of the molecule is CC1O[C@@H](CO)[C@@H](O)[C@H](O)[C@@H]1O[C@H]1O[C@H](CO)[C@@H](O)[C@H](O)[C@@H]1OC(=O)N(C)C. The molecule has 164 valence electrons. The van der Waals surface area contributed by atoms with E-state index in [9.17, 15) is 35.4 Å². The Kier molecular flexibility index (Phi) is 7.96. The lowest BCUT2D eigenvalue weighted by molar-refractivity contribution is -0.339. The second kappa shape index (κ2) is 9.61. The molecule has 0 aromatic carbocycles. The highest BCUT2D eigenvalue weighted by molar-refractivity contribution is 5.67. The number of carbonyl (C=O) groups is 1. The summed E-state index contributed by atoms with van der Waals surface area (Å²) in [7, 11) is 2.82. The Morgan fingerprint density at radius 3 is 1.89 bits per heavy atom. The van der Waals surface area contributed by atoms with Crippen molar-refractivity contribution in [2.24, 2.45) is 0 Å². The largest absolute Gasteiger partial charge is 0.438 e. The lowest BCUT2D eigenvalue weighted by atomic mass is 9.95. The van der Waals surface area contributed by atoms with E-state index in [1.165, 1.54) is 21.0 Å². The Morgan fingerprint density at radius 1 is 0.893 bits per heavy atom. The van der Waals surface area contributed by atoms with Crippen molar-refractivity contribution in [3.63, 3.8) is 0 Å².